The van der Waals surface area contributed by atoms with Gasteiger partial charge in [0.1, 0.15) is 43.2 Å². The zero-order chi connectivity index (χ0) is 50.3. The molecule has 1 aliphatic rings. The summed E-state index contributed by atoms with van der Waals surface area (Å²) in [5.41, 5.74) is 0. The van der Waals surface area contributed by atoms with E-state index in [2.05, 4.69) is 50.3 Å². The highest BCUT2D eigenvalue weighted by molar-refractivity contribution is 7.47. The molecule has 0 spiro atoms. The van der Waals surface area contributed by atoms with Crippen molar-refractivity contribution in [2.45, 2.75) is 216 Å². The van der Waals surface area contributed by atoms with Crippen LogP contribution >= 0.6 is 7.82 Å². The average molecular weight is 983 g/mol. The molecule has 68 heavy (non-hydrogen) atoms. The van der Waals surface area contributed by atoms with Crippen LogP contribution in [0.25, 0.3) is 0 Å². The maximum absolute atomic E-state index is 12.8. The van der Waals surface area contributed by atoms with Crippen molar-refractivity contribution in [1.82, 2.24) is 0 Å². The van der Waals surface area contributed by atoms with Crippen molar-refractivity contribution in [1.29, 1.82) is 0 Å². The van der Waals surface area contributed by atoms with Crippen molar-refractivity contribution in [3.8, 4) is 0 Å². The number of phosphoric acid groups is 1. The molecule has 8 N–H and O–H groups in total. The molecular weight excluding hydrogens is 896 g/mol. The van der Waals surface area contributed by atoms with Crippen LogP contribution in [0.5, 0.6) is 0 Å². The SMILES string of the molecule is CCCCCC/C=C\C/C=C\C/C=C\CCCCCCCCC(=O)OC[C@H](COP(=O)(O)OC1[C@H](O)[C@H](O)C(O)[C@H](O)[C@H]1O)OC(=O)CCC[C@H](O)/C=C/C=C\C/C=C\C=C\[C@H](O)CCCCC. The summed E-state index contributed by atoms with van der Waals surface area (Å²) in [4.78, 5) is 35.8. The Hall–Kier alpha value is -3.05. The van der Waals surface area contributed by atoms with Crippen LogP contribution in [0.2, 0.25) is 0 Å². The van der Waals surface area contributed by atoms with E-state index in [-0.39, 0.29) is 25.7 Å². The second kappa shape index (κ2) is 40.7. The minimum Gasteiger partial charge on any atom is -0.462 e. The van der Waals surface area contributed by atoms with Gasteiger partial charge in [-0.2, -0.15) is 0 Å². The molecule has 0 aliphatic heterocycles. The largest absolute Gasteiger partial charge is 0.472 e. The molecule has 0 aromatic heterocycles. The summed E-state index contributed by atoms with van der Waals surface area (Å²) in [6.45, 7) is 2.98. The first-order valence-electron chi connectivity index (χ1n) is 25.1. The number of carbonyl (C=O) groups is 2. The number of aliphatic hydroxyl groups is 7. The molecule has 0 saturated heterocycles. The van der Waals surface area contributed by atoms with Crippen LogP contribution < -0.4 is 0 Å². The molecule has 15 nitrogen and oxygen atoms in total. The van der Waals surface area contributed by atoms with E-state index >= 15 is 0 Å². The van der Waals surface area contributed by atoms with Crippen molar-refractivity contribution in [3.63, 3.8) is 0 Å². The van der Waals surface area contributed by atoms with Crippen molar-refractivity contribution in [2.75, 3.05) is 13.2 Å². The monoisotopic (exact) mass is 983 g/mol. The quantitative estimate of drug-likeness (QED) is 0.00944. The summed E-state index contributed by atoms with van der Waals surface area (Å²) in [7, 11) is -5.20. The molecular formula is C52H87O15P. The van der Waals surface area contributed by atoms with Crippen molar-refractivity contribution >= 4 is 19.8 Å². The van der Waals surface area contributed by atoms with Crippen molar-refractivity contribution in [2.24, 2.45) is 0 Å². The predicted octanol–water partition coefficient (Wildman–Crippen LogP) is 8.39. The lowest BCUT2D eigenvalue weighted by Crippen LogP contribution is -2.64. The molecule has 0 aromatic rings. The second-order valence-corrected chi connectivity index (χ2v) is 18.8. The summed E-state index contributed by atoms with van der Waals surface area (Å²) in [5.74, 6) is -1.35. The van der Waals surface area contributed by atoms with Crippen LogP contribution in [0.1, 0.15) is 162 Å². The Labute approximate surface area is 406 Å². The highest BCUT2D eigenvalue weighted by Crippen LogP contribution is 2.47. The molecule has 10 atom stereocenters. The van der Waals surface area contributed by atoms with Gasteiger partial charge >= 0.3 is 19.8 Å². The van der Waals surface area contributed by atoms with Gasteiger partial charge in [-0.1, -0.05) is 163 Å². The lowest BCUT2D eigenvalue weighted by molar-refractivity contribution is -0.220. The van der Waals surface area contributed by atoms with Crippen LogP contribution in [-0.4, -0.2) is 121 Å². The molecule has 3 unspecified atom stereocenters. The van der Waals surface area contributed by atoms with Crippen LogP contribution in [-0.2, 0) is 32.7 Å². The summed E-state index contributed by atoms with van der Waals surface area (Å²) < 4.78 is 33.4. The smallest absolute Gasteiger partial charge is 0.462 e. The van der Waals surface area contributed by atoms with Gasteiger partial charge in [-0.3, -0.25) is 18.6 Å². The van der Waals surface area contributed by atoms with Gasteiger partial charge < -0.3 is 50.1 Å². The number of ether oxygens (including phenoxy) is 2. The molecule has 0 radical (unpaired) electrons. The molecule has 1 rings (SSSR count). The number of rotatable bonds is 40. The Kier molecular flexibility index (Phi) is 37.6. The Morgan fingerprint density at radius 1 is 0.529 bits per heavy atom. The number of hydrogen-bond acceptors (Lipinski definition) is 14. The summed E-state index contributed by atoms with van der Waals surface area (Å²) in [6, 6.07) is 0. The molecule has 1 aliphatic carbocycles. The Morgan fingerprint density at radius 3 is 1.56 bits per heavy atom. The molecule has 0 aromatic carbocycles. The average Bonchev–Trinajstić information content (AvgIpc) is 3.31. The first kappa shape index (κ1) is 63.0. The maximum Gasteiger partial charge on any atom is 0.472 e. The number of esters is 2. The standard InChI is InChI=1S/C52H87O15P/c1-3-5-7-8-9-10-11-12-13-14-15-16-17-18-19-20-21-25-28-32-38-45(55)64-40-44(41-65-68(62,63)67-52-50(60)48(58)47(57)49(59)51(52)61)66-46(56)39-33-37-43(54)36-31-27-24-22-23-26-30-35-42(53)34-29-6-4-2/h10-11,13-14,16-17,23-24,26-27,30-31,35-36,42-44,47-54,57-61H,3-9,12,15,18-22,25,28-29,32-34,37-41H2,1-2H3,(H,62,63)/b11-10-,14-13-,17-16-,26-23-,27-24-,35-30+,36-31+/t42-,43-,44-,47?,48-,49+,50-,51-,52?/m1/s1. The lowest BCUT2D eigenvalue weighted by atomic mass is 9.85. The van der Waals surface area contributed by atoms with E-state index in [1.165, 1.54) is 25.7 Å². The predicted molar refractivity (Wildman–Crippen MR) is 265 cm³/mol. The van der Waals surface area contributed by atoms with Gasteiger partial charge in [0.25, 0.3) is 0 Å². The Morgan fingerprint density at radius 2 is 0.985 bits per heavy atom. The maximum atomic E-state index is 12.8. The third-order valence-electron chi connectivity index (χ3n) is 11.2. The fourth-order valence-corrected chi connectivity index (χ4v) is 8.01. The molecule has 390 valence electrons. The molecule has 0 heterocycles. The molecule has 1 saturated carbocycles. The van der Waals surface area contributed by atoms with Gasteiger partial charge in [0.2, 0.25) is 0 Å². The third kappa shape index (κ3) is 32.7. The van der Waals surface area contributed by atoms with E-state index in [4.69, 9.17) is 18.5 Å². The van der Waals surface area contributed by atoms with Crippen LogP contribution in [0.3, 0.4) is 0 Å². The van der Waals surface area contributed by atoms with Gasteiger partial charge in [0.15, 0.2) is 6.10 Å². The number of carbonyl (C=O) groups excluding carboxylic acids is 2. The van der Waals surface area contributed by atoms with E-state index in [1.807, 2.05) is 24.3 Å². The van der Waals surface area contributed by atoms with E-state index in [0.29, 0.717) is 12.8 Å². The van der Waals surface area contributed by atoms with Gasteiger partial charge in [-0.05, 0) is 70.6 Å². The summed E-state index contributed by atoms with van der Waals surface area (Å²) in [5, 5.41) is 70.5. The van der Waals surface area contributed by atoms with Crippen molar-refractivity contribution < 1.29 is 73.3 Å². The van der Waals surface area contributed by atoms with E-state index in [1.54, 1.807) is 24.3 Å². The fourth-order valence-electron chi connectivity index (χ4n) is 7.04. The summed E-state index contributed by atoms with van der Waals surface area (Å²) >= 11 is 0. The highest BCUT2D eigenvalue weighted by atomic mass is 31.2. The van der Waals surface area contributed by atoms with Gasteiger partial charge in [-0.25, -0.2) is 4.57 Å². The molecule has 1 fully saturated rings. The summed E-state index contributed by atoms with van der Waals surface area (Å²) in [6.07, 6.45) is 32.5. The number of allylic oxidation sites excluding steroid dienone is 12. The van der Waals surface area contributed by atoms with E-state index in [0.717, 1.165) is 83.5 Å². The highest BCUT2D eigenvalue weighted by Gasteiger charge is 2.51. The third-order valence-corrected chi connectivity index (χ3v) is 12.2. The second-order valence-electron chi connectivity index (χ2n) is 17.4. The Balaban J connectivity index is 2.54. The minimum absolute atomic E-state index is 0.0982. The molecule has 0 bridgehead atoms. The van der Waals surface area contributed by atoms with Crippen LogP contribution in [0.4, 0.5) is 0 Å². The van der Waals surface area contributed by atoms with Gasteiger partial charge in [0, 0.05) is 12.8 Å². The fraction of sp³-hybridized carbons (Fsp3) is 0.692. The van der Waals surface area contributed by atoms with E-state index < -0.39 is 87.9 Å². The van der Waals surface area contributed by atoms with Gasteiger partial charge in [0.05, 0.1) is 18.8 Å². The normalized spacial score (nSPS) is 22.7. The van der Waals surface area contributed by atoms with Crippen molar-refractivity contribution in [3.05, 3.63) is 85.1 Å². The lowest BCUT2D eigenvalue weighted by Gasteiger charge is -2.41. The topological polar surface area (TPSA) is 250 Å². The van der Waals surface area contributed by atoms with E-state index in [9.17, 15) is 54.8 Å². The number of phosphoric ester groups is 1. The molecule has 16 heteroatoms. The van der Waals surface area contributed by atoms with Crippen LogP contribution in [0.15, 0.2) is 85.1 Å². The number of unbranched alkanes of at least 4 members (excludes halogenated alkanes) is 12. The zero-order valence-corrected chi connectivity index (χ0v) is 41.7. The zero-order valence-electron chi connectivity index (χ0n) is 40.8. The van der Waals surface area contributed by atoms with Crippen LogP contribution in [0, 0.1) is 0 Å². The first-order chi connectivity index (χ1) is 32.7. The molecule has 0 amide bonds. The van der Waals surface area contributed by atoms with Gasteiger partial charge in [-0.15, -0.1) is 0 Å². The number of aliphatic hydroxyl groups excluding tert-OH is 7. The number of hydrogen-bond donors (Lipinski definition) is 8. The first-order valence-corrected chi connectivity index (χ1v) is 26.6. The minimum atomic E-state index is -5.20. The Bertz CT molecular complexity index is 1540.